The molecule has 0 aliphatic rings. The van der Waals surface area contributed by atoms with E-state index in [0.29, 0.717) is 6.61 Å². The highest BCUT2D eigenvalue weighted by atomic mass is 16.5. The number of nitrogens with two attached hydrogens (primary N) is 2. The Balaban J connectivity index is 3.40. The second-order valence-electron chi connectivity index (χ2n) is 4.12. The lowest BCUT2D eigenvalue weighted by atomic mass is 10.1. The summed E-state index contributed by atoms with van der Waals surface area (Å²) in [5, 5.41) is 0. The summed E-state index contributed by atoms with van der Waals surface area (Å²) < 4.78 is 5.04. The van der Waals surface area contributed by atoms with E-state index in [9.17, 15) is 4.79 Å². The van der Waals surface area contributed by atoms with Crippen LogP contribution in [-0.4, -0.2) is 25.2 Å². The predicted octanol–water partition coefficient (Wildman–Crippen LogP) is 1.57. The van der Waals surface area contributed by atoms with Gasteiger partial charge in [0.2, 0.25) is 0 Å². The monoisotopic (exact) mass is 230 g/mol. The van der Waals surface area contributed by atoms with Crippen molar-refractivity contribution in [2.75, 3.05) is 13.2 Å². The van der Waals surface area contributed by atoms with Crippen LogP contribution in [0.5, 0.6) is 0 Å². The maximum atomic E-state index is 11.4. The van der Waals surface area contributed by atoms with Crippen LogP contribution in [0.25, 0.3) is 0 Å². The van der Waals surface area contributed by atoms with Gasteiger partial charge in [-0.15, -0.1) is 0 Å². The van der Waals surface area contributed by atoms with Crippen LogP contribution < -0.4 is 11.5 Å². The van der Waals surface area contributed by atoms with Crippen molar-refractivity contribution in [3.63, 3.8) is 0 Å². The van der Waals surface area contributed by atoms with Gasteiger partial charge in [-0.2, -0.15) is 0 Å². The third-order valence-corrected chi connectivity index (χ3v) is 2.51. The molecule has 96 valence electrons. The molecule has 0 amide bonds. The van der Waals surface area contributed by atoms with Crippen LogP contribution in [-0.2, 0) is 9.53 Å². The first kappa shape index (κ1) is 15.4. The van der Waals surface area contributed by atoms with Crippen LogP contribution in [0.3, 0.4) is 0 Å². The fraction of sp³-hybridized carbons (Fsp3) is 0.917. The first-order valence-corrected chi connectivity index (χ1v) is 6.34. The standard InChI is InChI=1S/C12H26N2O2/c1-2-3-10-16-12(15)11(14)8-6-4-5-7-9-13/h11H,2-10,13-14H2,1H3. The quantitative estimate of drug-likeness (QED) is 0.441. The second kappa shape index (κ2) is 10.9. The molecule has 0 saturated carbocycles. The molecule has 4 N–H and O–H groups in total. The normalized spacial score (nSPS) is 12.4. The van der Waals surface area contributed by atoms with Crippen LogP contribution in [0.2, 0.25) is 0 Å². The third-order valence-electron chi connectivity index (χ3n) is 2.51. The van der Waals surface area contributed by atoms with Gasteiger partial charge >= 0.3 is 5.97 Å². The van der Waals surface area contributed by atoms with Gasteiger partial charge in [-0.25, -0.2) is 0 Å². The molecular weight excluding hydrogens is 204 g/mol. The summed E-state index contributed by atoms with van der Waals surface area (Å²) >= 11 is 0. The van der Waals surface area contributed by atoms with Crippen molar-refractivity contribution in [2.45, 2.75) is 57.9 Å². The number of hydrogen-bond acceptors (Lipinski definition) is 4. The molecule has 4 heteroatoms. The highest BCUT2D eigenvalue weighted by Gasteiger charge is 2.13. The van der Waals surface area contributed by atoms with Gasteiger partial charge < -0.3 is 16.2 Å². The summed E-state index contributed by atoms with van der Waals surface area (Å²) in [6.07, 6.45) is 6.90. The van der Waals surface area contributed by atoms with E-state index >= 15 is 0 Å². The summed E-state index contributed by atoms with van der Waals surface area (Å²) in [6.45, 7) is 3.30. The molecule has 0 aromatic carbocycles. The van der Waals surface area contributed by atoms with E-state index in [1.54, 1.807) is 0 Å². The zero-order chi connectivity index (χ0) is 12.2. The molecule has 16 heavy (non-hydrogen) atoms. The second-order valence-corrected chi connectivity index (χ2v) is 4.12. The van der Waals surface area contributed by atoms with Gasteiger partial charge in [0.05, 0.1) is 6.61 Å². The first-order chi connectivity index (χ1) is 7.72. The molecule has 1 unspecified atom stereocenters. The minimum absolute atomic E-state index is 0.257. The Labute approximate surface area is 98.7 Å². The van der Waals surface area contributed by atoms with E-state index in [4.69, 9.17) is 16.2 Å². The molecule has 0 heterocycles. The summed E-state index contributed by atoms with van der Waals surface area (Å²) in [7, 11) is 0. The van der Waals surface area contributed by atoms with Gasteiger partial charge in [-0.1, -0.05) is 32.6 Å². The van der Waals surface area contributed by atoms with Gasteiger partial charge in [-0.05, 0) is 25.8 Å². The number of carbonyl (C=O) groups excluding carboxylic acids is 1. The van der Waals surface area contributed by atoms with E-state index in [-0.39, 0.29) is 5.97 Å². The highest BCUT2D eigenvalue weighted by molar-refractivity contribution is 5.75. The fourth-order valence-electron chi connectivity index (χ4n) is 1.40. The minimum atomic E-state index is -0.449. The zero-order valence-corrected chi connectivity index (χ0v) is 10.4. The van der Waals surface area contributed by atoms with Gasteiger partial charge in [-0.3, -0.25) is 4.79 Å². The summed E-state index contributed by atoms with van der Waals surface area (Å²) in [5.41, 5.74) is 11.1. The zero-order valence-electron chi connectivity index (χ0n) is 10.4. The third kappa shape index (κ3) is 8.68. The summed E-state index contributed by atoms with van der Waals surface area (Å²) in [6, 6.07) is -0.449. The Kier molecular flexibility index (Phi) is 10.5. The molecular formula is C12H26N2O2. The SMILES string of the molecule is CCCCOC(=O)C(N)CCCCCCN. The molecule has 0 fully saturated rings. The molecule has 0 rings (SSSR count). The van der Waals surface area contributed by atoms with Crippen LogP contribution in [0.4, 0.5) is 0 Å². The number of ether oxygens (including phenoxy) is 1. The topological polar surface area (TPSA) is 78.3 Å². The summed E-state index contributed by atoms with van der Waals surface area (Å²) in [5.74, 6) is -0.257. The van der Waals surface area contributed by atoms with Gasteiger partial charge in [0.25, 0.3) is 0 Å². The maximum absolute atomic E-state index is 11.4. The van der Waals surface area contributed by atoms with E-state index in [0.717, 1.165) is 51.5 Å². The lowest BCUT2D eigenvalue weighted by Gasteiger charge is -2.10. The molecule has 0 aliphatic carbocycles. The molecule has 0 saturated heterocycles. The number of esters is 1. The van der Waals surface area contributed by atoms with Crippen LogP contribution >= 0.6 is 0 Å². The fourth-order valence-corrected chi connectivity index (χ4v) is 1.40. The first-order valence-electron chi connectivity index (χ1n) is 6.34. The lowest BCUT2D eigenvalue weighted by Crippen LogP contribution is -2.32. The molecule has 0 aliphatic heterocycles. The van der Waals surface area contributed by atoms with Crippen LogP contribution in [0, 0.1) is 0 Å². The molecule has 0 aromatic rings. The number of rotatable bonds is 10. The van der Waals surface area contributed by atoms with Crippen molar-refractivity contribution in [3.05, 3.63) is 0 Å². The number of carbonyl (C=O) groups is 1. The molecule has 0 radical (unpaired) electrons. The molecule has 0 bridgehead atoms. The van der Waals surface area contributed by atoms with Crippen molar-refractivity contribution in [1.29, 1.82) is 0 Å². The Morgan fingerprint density at radius 2 is 1.88 bits per heavy atom. The van der Waals surface area contributed by atoms with E-state index < -0.39 is 6.04 Å². The Bertz CT molecular complexity index is 174. The molecule has 1 atom stereocenters. The molecule has 0 aromatic heterocycles. The van der Waals surface area contributed by atoms with Crippen molar-refractivity contribution in [1.82, 2.24) is 0 Å². The Morgan fingerprint density at radius 1 is 1.19 bits per heavy atom. The van der Waals surface area contributed by atoms with Crippen molar-refractivity contribution >= 4 is 5.97 Å². The number of hydrogen-bond donors (Lipinski definition) is 2. The molecule has 4 nitrogen and oxygen atoms in total. The maximum Gasteiger partial charge on any atom is 0.322 e. The van der Waals surface area contributed by atoms with Crippen molar-refractivity contribution < 1.29 is 9.53 Å². The smallest absolute Gasteiger partial charge is 0.322 e. The van der Waals surface area contributed by atoms with Gasteiger partial charge in [0, 0.05) is 0 Å². The van der Waals surface area contributed by atoms with E-state index in [2.05, 4.69) is 6.92 Å². The van der Waals surface area contributed by atoms with Gasteiger partial charge in [0.1, 0.15) is 6.04 Å². The molecule has 0 spiro atoms. The average Bonchev–Trinajstić information content (AvgIpc) is 2.28. The van der Waals surface area contributed by atoms with E-state index in [1.165, 1.54) is 0 Å². The minimum Gasteiger partial charge on any atom is -0.465 e. The predicted molar refractivity (Wildman–Crippen MR) is 66.0 cm³/mol. The number of unbranched alkanes of at least 4 members (excludes halogenated alkanes) is 4. The average molecular weight is 230 g/mol. The van der Waals surface area contributed by atoms with Crippen LogP contribution in [0.1, 0.15) is 51.9 Å². The van der Waals surface area contributed by atoms with Crippen molar-refractivity contribution in [2.24, 2.45) is 11.5 Å². The van der Waals surface area contributed by atoms with Crippen LogP contribution in [0.15, 0.2) is 0 Å². The van der Waals surface area contributed by atoms with Gasteiger partial charge in [0.15, 0.2) is 0 Å². The largest absolute Gasteiger partial charge is 0.465 e. The summed E-state index contributed by atoms with van der Waals surface area (Å²) in [4.78, 5) is 11.4. The van der Waals surface area contributed by atoms with E-state index in [1.807, 2.05) is 0 Å². The van der Waals surface area contributed by atoms with Crippen molar-refractivity contribution in [3.8, 4) is 0 Å². The Morgan fingerprint density at radius 3 is 2.50 bits per heavy atom. The Hall–Kier alpha value is -0.610. The highest BCUT2D eigenvalue weighted by Crippen LogP contribution is 2.05. The lowest BCUT2D eigenvalue weighted by molar-refractivity contribution is -0.145.